The van der Waals surface area contributed by atoms with Crippen LogP contribution in [0.2, 0.25) is 0 Å². The molecule has 82 valence electrons. The topological polar surface area (TPSA) is 98.2 Å². The summed E-state index contributed by atoms with van der Waals surface area (Å²) in [6, 6.07) is 2.86. The zero-order valence-electron chi connectivity index (χ0n) is 8.47. The van der Waals surface area contributed by atoms with Crippen LogP contribution in [-0.2, 0) is 0 Å². The van der Waals surface area contributed by atoms with Gasteiger partial charge in [0.15, 0.2) is 0 Å². The maximum atomic E-state index is 11.6. The minimum Gasteiger partial charge on any atom is -0.478 e. The van der Waals surface area contributed by atoms with Crippen molar-refractivity contribution >= 4 is 16.9 Å². The third-order valence-corrected chi connectivity index (χ3v) is 2.33. The quantitative estimate of drug-likeness (QED) is 0.663. The summed E-state index contributed by atoms with van der Waals surface area (Å²) in [6.07, 6.45) is 1.39. The van der Waals surface area contributed by atoms with E-state index in [1.54, 1.807) is 13.0 Å². The van der Waals surface area contributed by atoms with Gasteiger partial charge < -0.3 is 10.9 Å². The highest BCUT2D eigenvalue weighted by atomic mass is 16.4. The number of pyridine rings is 2. The van der Waals surface area contributed by atoms with Gasteiger partial charge >= 0.3 is 5.97 Å². The van der Waals surface area contributed by atoms with Gasteiger partial charge in [0, 0.05) is 6.20 Å². The summed E-state index contributed by atoms with van der Waals surface area (Å²) in [5.74, 6) is 4.27. The summed E-state index contributed by atoms with van der Waals surface area (Å²) < 4.78 is 0.894. The molecule has 2 heterocycles. The number of carboxylic acid groups (broad SMARTS) is 1. The predicted molar refractivity (Wildman–Crippen MR) is 57.8 cm³/mol. The lowest BCUT2D eigenvalue weighted by molar-refractivity contribution is 0.0696. The summed E-state index contributed by atoms with van der Waals surface area (Å²) in [6.45, 7) is 1.58. The Balaban J connectivity index is 2.92. The summed E-state index contributed by atoms with van der Waals surface area (Å²) in [5, 5.41) is 9.11. The van der Waals surface area contributed by atoms with Gasteiger partial charge in [-0.3, -0.25) is 9.78 Å². The fraction of sp³-hybridized carbons (Fsp3) is 0.100. The summed E-state index contributed by atoms with van der Waals surface area (Å²) in [4.78, 5) is 26.6. The standard InChI is InChI=1S/C10H9N3O3/c1-5-6(10(15)16)4-7-8(12-5)2-3-13(11)9(7)14/h2-4H,11H2,1H3,(H,15,16). The van der Waals surface area contributed by atoms with Crippen molar-refractivity contribution in [3.8, 4) is 0 Å². The molecule has 0 unspecified atom stereocenters. The zero-order valence-corrected chi connectivity index (χ0v) is 8.47. The molecule has 6 nitrogen and oxygen atoms in total. The average Bonchev–Trinajstić information content (AvgIpc) is 2.23. The van der Waals surface area contributed by atoms with Crippen molar-refractivity contribution in [1.29, 1.82) is 0 Å². The first kappa shape index (κ1) is 10.2. The smallest absolute Gasteiger partial charge is 0.337 e. The maximum absolute atomic E-state index is 11.6. The highest BCUT2D eigenvalue weighted by Gasteiger charge is 2.12. The number of rotatable bonds is 1. The lowest BCUT2D eigenvalue weighted by atomic mass is 10.1. The van der Waals surface area contributed by atoms with Crippen LogP contribution in [0.1, 0.15) is 16.1 Å². The van der Waals surface area contributed by atoms with Crippen LogP contribution in [0.15, 0.2) is 23.1 Å². The summed E-state index contributed by atoms with van der Waals surface area (Å²) in [5.41, 5.74) is 0.353. The van der Waals surface area contributed by atoms with E-state index < -0.39 is 11.5 Å². The fourth-order valence-electron chi connectivity index (χ4n) is 1.50. The SMILES string of the molecule is Cc1nc2ccn(N)c(=O)c2cc1C(=O)O. The molecule has 0 aromatic carbocycles. The molecule has 0 bridgehead atoms. The summed E-state index contributed by atoms with van der Waals surface area (Å²) >= 11 is 0. The molecule has 0 fully saturated rings. The maximum Gasteiger partial charge on any atom is 0.337 e. The highest BCUT2D eigenvalue weighted by Crippen LogP contribution is 2.12. The van der Waals surface area contributed by atoms with Crippen molar-refractivity contribution in [2.24, 2.45) is 0 Å². The van der Waals surface area contributed by atoms with Gasteiger partial charge in [-0.15, -0.1) is 0 Å². The van der Waals surface area contributed by atoms with E-state index >= 15 is 0 Å². The molecule has 0 aliphatic carbocycles. The van der Waals surface area contributed by atoms with Crippen molar-refractivity contribution in [2.75, 3.05) is 5.84 Å². The Labute approximate surface area is 89.9 Å². The van der Waals surface area contributed by atoms with Crippen LogP contribution < -0.4 is 11.4 Å². The van der Waals surface area contributed by atoms with E-state index in [1.165, 1.54) is 12.3 Å². The number of carbonyl (C=O) groups is 1. The molecule has 2 aromatic heterocycles. The van der Waals surface area contributed by atoms with Crippen LogP contribution in [0.4, 0.5) is 0 Å². The van der Waals surface area contributed by atoms with Gasteiger partial charge in [0.2, 0.25) is 0 Å². The number of nitrogen functional groups attached to an aromatic ring is 1. The molecular formula is C10H9N3O3. The van der Waals surface area contributed by atoms with Gasteiger partial charge in [-0.1, -0.05) is 0 Å². The van der Waals surface area contributed by atoms with Gasteiger partial charge in [0.25, 0.3) is 5.56 Å². The largest absolute Gasteiger partial charge is 0.478 e. The Kier molecular flexibility index (Phi) is 2.12. The van der Waals surface area contributed by atoms with Crippen LogP contribution in [0.5, 0.6) is 0 Å². The van der Waals surface area contributed by atoms with E-state index in [0.717, 1.165) is 4.68 Å². The van der Waals surface area contributed by atoms with Crippen LogP contribution in [-0.4, -0.2) is 20.7 Å². The van der Waals surface area contributed by atoms with Crippen LogP contribution >= 0.6 is 0 Å². The minimum absolute atomic E-state index is 0.0100. The Morgan fingerprint density at radius 2 is 2.25 bits per heavy atom. The number of aryl methyl sites for hydroxylation is 1. The molecule has 0 radical (unpaired) electrons. The number of aromatic carboxylic acids is 1. The van der Waals surface area contributed by atoms with E-state index in [0.29, 0.717) is 11.2 Å². The summed E-state index contributed by atoms with van der Waals surface area (Å²) in [7, 11) is 0. The van der Waals surface area contributed by atoms with Crippen molar-refractivity contribution < 1.29 is 9.90 Å². The van der Waals surface area contributed by atoms with Crippen LogP contribution in [0.25, 0.3) is 10.9 Å². The number of hydrogen-bond acceptors (Lipinski definition) is 4. The third kappa shape index (κ3) is 1.40. The molecule has 0 saturated carbocycles. The molecule has 0 aliphatic rings. The number of nitrogens with zero attached hydrogens (tertiary/aromatic N) is 2. The molecule has 0 amide bonds. The molecule has 3 N–H and O–H groups in total. The molecule has 6 heteroatoms. The van der Waals surface area contributed by atoms with Crippen molar-refractivity contribution in [2.45, 2.75) is 6.92 Å². The minimum atomic E-state index is -1.11. The van der Waals surface area contributed by atoms with Crippen LogP contribution in [0.3, 0.4) is 0 Å². The normalized spacial score (nSPS) is 10.6. The lowest BCUT2D eigenvalue weighted by Crippen LogP contribution is -2.26. The number of hydrogen-bond donors (Lipinski definition) is 2. The Hall–Kier alpha value is -2.37. The van der Waals surface area contributed by atoms with E-state index in [4.69, 9.17) is 10.9 Å². The molecule has 16 heavy (non-hydrogen) atoms. The van der Waals surface area contributed by atoms with Gasteiger partial charge in [-0.05, 0) is 19.1 Å². The van der Waals surface area contributed by atoms with Gasteiger partial charge in [0.1, 0.15) is 0 Å². The monoisotopic (exact) mass is 219 g/mol. The Bertz CT molecular complexity index is 646. The second-order valence-corrected chi connectivity index (χ2v) is 3.39. The fourth-order valence-corrected chi connectivity index (χ4v) is 1.50. The second kappa shape index (κ2) is 3.34. The highest BCUT2D eigenvalue weighted by molar-refractivity contribution is 5.93. The molecule has 0 atom stereocenters. The lowest BCUT2D eigenvalue weighted by Gasteiger charge is -2.04. The third-order valence-electron chi connectivity index (χ3n) is 2.33. The number of fused-ring (bicyclic) bond motifs is 1. The van der Waals surface area contributed by atoms with E-state index in [2.05, 4.69) is 4.98 Å². The first-order chi connectivity index (χ1) is 7.50. The Morgan fingerprint density at radius 1 is 1.56 bits per heavy atom. The average molecular weight is 219 g/mol. The number of nitrogens with two attached hydrogens (primary N) is 1. The van der Waals surface area contributed by atoms with E-state index in [1.807, 2.05) is 0 Å². The van der Waals surface area contributed by atoms with E-state index in [-0.39, 0.29) is 10.9 Å². The molecule has 0 saturated heterocycles. The van der Waals surface area contributed by atoms with E-state index in [9.17, 15) is 9.59 Å². The van der Waals surface area contributed by atoms with Gasteiger partial charge in [-0.25, -0.2) is 9.47 Å². The molecule has 2 rings (SSSR count). The predicted octanol–water partition coefficient (Wildman–Crippen LogP) is 0.117. The first-order valence-electron chi connectivity index (χ1n) is 4.52. The number of carboxylic acids is 1. The van der Waals surface area contributed by atoms with Crippen molar-refractivity contribution in [1.82, 2.24) is 9.66 Å². The van der Waals surface area contributed by atoms with Crippen molar-refractivity contribution in [3.05, 3.63) is 39.9 Å². The van der Waals surface area contributed by atoms with Crippen LogP contribution in [0, 0.1) is 6.92 Å². The first-order valence-corrected chi connectivity index (χ1v) is 4.52. The number of aromatic nitrogens is 2. The zero-order chi connectivity index (χ0) is 11.9. The second-order valence-electron chi connectivity index (χ2n) is 3.39. The molecule has 0 spiro atoms. The molecular weight excluding hydrogens is 210 g/mol. The van der Waals surface area contributed by atoms with Gasteiger partial charge in [-0.2, -0.15) is 0 Å². The van der Waals surface area contributed by atoms with Crippen molar-refractivity contribution in [3.63, 3.8) is 0 Å². The molecule has 0 aliphatic heterocycles. The Morgan fingerprint density at radius 3 is 2.88 bits per heavy atom. The van der Waals surface area contributed by atoms with Gasteiger partial charge in [0.05, 0.1) is 22.2 Å². The molecule has 2 aromatic rings.